The van der Waals surface area contributed by atoms with Gasteiger partial charge in [0.15, 0.2) is 0 Å². The van der Waals surface area contributed by atoms with Crippen LogP contribution in [0.2, 0.25) is 0 Å². The van der Waals surface area contributed by atoms with Gasteiger partial charge in [-0.3, -0.25) is 5.32 Å². The summed E-state index contributed by atoms with van der Waals surface area (Å²) in [5, 5.41) is 5.36. The Morgan fingerprint density at radius 3 is 2.22 bits per heavy atom. The number of carbonyl (C=O) groups is 1. The molecular formula is C10H23Cl2N5O. The van der Waals surface area contributed by atoms with Gasteiger partial charge < -0.3 is 22.5 Å². The van der Waals surface area contributed by atoms with Gasteiger partial charge in [-0.25, -0.2) is 4.79 Å². The van der Waals surface area contributed by atoms with Crippen molar-refractivity contribution in [2.45, 2.75) is 44.8 Å². The van der Waals surface area contributed by atoms with Gasteiger partial charge in [-0.2, -0.15) is 0 Å². The summed E-state index contributed by atoms with van der Waals surface area (Å²) in [6, 6.07) is -0.392. The maximum atomic E-state index is 11.3. The van der Waals surface area contributed by atoms with Crippen molar-refractivity contribution in [2.75, 3.05) is 0 Å². The van der Waals surface area contributed by atoms with E-state index in [1.54, 1.807) is 0 Å². The fourth-order valence-electron chi connectivity index (χ4n) is 1.84. The Morgan fingerprint density at radius 1 is 1.22 bits per heavy atom. The van der Waals surface area contributed by atoms with Gasteiger partial charge in [-0.15, -0.1) is 24.8 Å². The third kappa shape index (κ3) is 5.77. The van der Waals surface area contributed by atoms with Gasteiger partial charge in [-0.05, 0) is 32.3 Å². The first-order valence-corrected chi connectivity index (χ1v) is 5.47. The molecule has 8 N–H and O–H groups in total. The van der Waals surface area contributed by atoms with E-state index in [0.29, 0.717) is 18.7 Å². The highest BCUT2D eigenvalue weighted by molar-refractivity contribution is 5.85. The fourth-order valence-corrected chi connectivity index (χ4v) is 1.84. The third-order valence-corrected chi connectivity index (χ3v) is 2.47. The van der Waals surface area contributed by atoms with Crippen LogP contribution in [0.1, 0.15) is 26.7 Å². The number of rotatable bonds is 4. The zero-order chi connectivity index (χ0) is 12.3. The molecule has 0 aromatic rings. The number of halogens is 2. The number of amides is 2. The Bertz CT molecular complexity index is 307. The first-order valence-electron chi connectivity index (χ1n) is 5.47. The zero-order valence-corrected chi connectivity index (χ0v) is 12.2. The number of carbonyl (C=O) groups excluding carboxylic acids is 1. The fraction of sp³-hybridized carbons (Fsp3) is 0.700. The van der Waals surface area contributed by atoms with Crippen molar-refractivity contribution < 1.29 is 4.79 Å². The minimum absolute atomic E-state index is 0. The molecule has 0 aromatic heterocycles. The number of nitrogens with one attached hydrogen (secondary N) is 2. The van der Waals surface area contributed by atoms with E-state index >= 15 is 0 Å². The third-order valence-electron chi connectivity index (χ3n) is 2.47. The molecule has 108 valence electrons. The number of urea groups is 1. The molecule has 3 atom stereocenters. The van der Waals surface area contributed by atoms with E-state index in [1.165, 1.54) is 0 Å². The van der Waals surface area contributed by atoms with Crippen LogP contribution in [-0.4, -0.2) is 24.2 Å². The molecule has 1 heterocycles. The second-order valence-corrected chi connectivity index (χ2v) is 4.48. The Labute approximate surface area is 120 Å². The lowest BCUT2D eigenvalue weighted by atomic mass is 9.94. The summed E-state index contributed by atoms with van der Waals surface area (Å²) in [7, 11) is 0. The van der Waals surface area contributed by atoms with Gasteiger partial charge in [-0.1, -0.05) is 0 Å². The Morgan fingerprint density at radius 2 is 1.78 bits per heavy atom. The molecular weight excluding hydrogens is 277 g/mol. The predicted molar refractivity (Wildman–Crippen MR) is 77.7 cm³/mol. The summed E-state index contributed by atoms with van der Waals surface area (Å²) >= 11 is 0. The molecule has 1 rings (SSSR count). The lowest BCUT2D eigenvalue weighted by molar-refractivity contribution is 0.236. The summed E-state index contributed by atoms with van der Waals surface area (Å²) in [6.45, 7) is 3.80. The molecule has 0 aliphatic carbocycles. The van der Waals surface area contributed by atoms with Crippen LogP contribution in [0.4, 0.5) is 4.79 Å². The topological polar surface area (TPSA) is 119 Å². The molecule has 0 radical (unpaired) electrons. The second-order valence-electron chi connectivity index (χ2n) is 4.48. The monoisotopic (exact) mass is 299 g/mol. The van der Waals surface area contributed by atoms with Crippen molar-refractivity contribution in [1.82, 2.24) is 10.6 Å². The van der Waals surface area contributed by atoms with Crippen molar-refractivity contribution in [3.05, 3.63) is 11.4 Å². The lowest BCUT2D eigenvalue weighted by Crippen LogP contribution is -2.52. The van der Waals surface area contributed by atoms with E-state index in [1.807, 2.05) is 13.8 Å². The molecule has 6 nitrogen and oxygen atoms in total. The summed E-state index contributed by atoms with van der Waals surface area (Å²) in [4.78, 5) is 11.3. The quantitative estimate of drug-likeness (QED) is 0.508. The van der Waals surface area contributed by atoms with Crippen molar-refractivity contribution in [3.63, 3.8) is 0 Å². The largest absolute Gasteiger partial charge is 0.385 e. The van der Waals surface area contributed by atoms with Crippen molar-refractivity contribution in [3.8, 4) is 0 Å². The van der Waals surface area contributed by atoms with Gasteiger partial charge >= 0.3 is 6.03 Å². The maximum absolute atomic E-state index is 11.3. The van der Waals surface area contributed by atoms with Crippen molar-refractivity contribution in [1.29, 1.82) is 0 Å². The standard InChI is InChI=1S/C10H21N5O.2ClH/c1-5(11)3-7-8(4-6(2)12)14-10(16)15-9(7)13;;/h5-6,8H,3-4,11-13H2,1-2H3,(H2,14,15,16);2*1H. The summed E-state index contributed by atoms with van der Waals surface area (Å²) < 4.78 is 0. The second kappa shape index (κ2) is 8.42. The van der Waals surface area contributed by atoms with E-state index in [4.69, 9.17) is 17.2 Å². The zero-order valence-electron chi connectivity index (χ0n) is 10.6. The molecule has 0 saturated carbocycles. The SMILES string of the molecule is CC(N)CC1=C(N)NC(=O)NC1CC(C)N.Cl.Cl. The highest BCUT2D eigenvalue weighted by Crippen LogP contribution is 2.18. The van der Waals surface area contributed by atoms with Crippen LogP contribution < -0.4 is 27.8 Å². The normalized spacial score (nSPS) is 22.0. The van der Waals surface area contributed by atoms with Gasteiger partial charge in [0.05, 0.1) is 6.04 Å². The Kier molecular flexibility index (Phi) is 9.19. The van der Waals surface area contributed by atoms with E-state index in [2.05, 4.69) is 10.6 Å². The molecule has 3 unspecified atom stereocenters. The molecule has 1 aliphatic rings. The molecule has 0 spiro atoms. The van der Waals surface area contributed by atoms with E-state index in [0.717, 1.165) is 5.57 Å². The molecule has 0 fully saturated rings. The van der Waals surface area contributed by atoms with Gasteiger partial charge in [0.25, 0.3) is 0 Å². The van der Waals surface area contributed by atoms with Crippen LogP contribution in [0.25, 0.3) is 0 Å². The highest BCUT2D eigenvalue weighted by Gasteiger charge is 2.26. The first kappa shape index (κ1) is 19.6. The maximum Gasteiger partial charge on any atom is 0.320 e. The van der Waals surface area contributed by atoms with Crippen LogP contribution in [-0.2, 0) is 0 Å². The smallest absolute Gasteiger partial charge is 0.320 e. The van der Waals surface area contributed by atoms with Crippen LogP contribution in [0.15, 0.2) is 11.4 Å². The minimum Gasteiger partial charge on any atom is -0.385 e. The average molecular weight is 300 g/mol. The molecule has 0 bridgehead atoms. The van der Waals surface area contributed by atoms with Crippen LogP contribution in [0.3, 0.4) is 0 Å². The first-order chi connectivity index (χ1) is 7.40. The van der Waals surface area contributed by atoms with Crippen LogP contribution in [0.5, 0.6) is 0 Å². The summed E-state index contributed by atoms with van der Waals surface area (Å²) in [5.74, 6) is 0.409. The van der Waals surface area contributed by atoms with Gasteiger partial charge in [0.1, 0.15) is 5.82 Å². The molecule has 18 heavy (non-hydrogen) atoms. The van der Waals surface area contributed by atoms with E-state index in [-0.39, 0.29) is 49.0 Å². The minimum atomic E-state index is -0.281. The van der Waals surface area contributed by atoms with Crippen molar-refractivity contribution in [2.24, 2.45) is 17.2 Å². The van der Waals surface area contributed by atoms with Crippen LogP contribution >= 0.6 is 24.8 Å². The predicted octanol–water partition coefficient (Wildman–Crippen LogP) is 0.156. The van der Waals surface area contributed by atoms with Crippen molar-refractivity contribution >= 4 is 30.8 Å². The van der Waals surface area contributed by atoms with Crippen LogP contribution in [0, 0.1) is 0 Å². The van der Waals surface area contributed by atoms with Gasteiger partial charge in [0, 0.05) is 12.1 Å². The average Bonchev–Trinajstić information content (AvgIpc) is 2.09. The van der Waals surface area contributed by atoms with E-state index < -0.39 is 0 Å². The summed E-state index contributed by atoms with van der Waals surface area (Å²) in [5.41, 5.74) is 18.2. The molecule has 8 heteroatoms. The summed E-state index contributed by atoms with van der Waals surface area (Å²) in [6.07, 6.45) is 1.31. The van der Waals surface area contributed by atoms with E-state index in [9.17, 15) is 4.79 Å². The Balaban J connectivity index is 0. The lowest BCUT2D eigenvalue weighted by Gasteiger charge is -2.30. The molecule has 0 saturated heterocycles. The number of hydrogen-bond donors (Lipinski definition) is 5. The molecule has 2 amide bonds. The van der Waals surface area contributed by atoms with Gasteiger partial charge in [0.2, 0.25) is 0 Å². The molecule has 1 aliphatic heterocycles. The number of nitrogens with two attached hydrogens (primary N) is 3. The number of hydrogen-bond acceptors (Lipinski definition) is 4. The Hall–Kier alpha value is -0.690. The molecule has 0 aromatic carbocycles. The highest BCUT2D eigenvalue weighted by atomic mass is 35.5.